The van der Waals surface area contributed by atoms with Crippen LogP contribution in [0.15, 0.2) is 0 Å². The minimum atomic E-state index is -0.305. The molecule has 3 N–H and O–H groups in total. The van der Waals surface area contributed by atoms with Crippen molar-refractivity contribution in [1.29, 1.82) is 0 Å². The highest BCUT2D eigenvalue weighted by atomic mass is 16.3. The first-order chi connectivity index (χ1) is 12.2. The third-order valence-corrected chi connectivity index (χ3v) is 5.46. The van der Waals surface area contributed by atoms with Gasteiger partial charge in [0.15, 0.2) is 0 Å². The summed E-state index contributed by atoms with van der Waals surface area (Å²) in [6.07, 6.45) is 25.8. The Morgan fingerprint density at radius 2 is 0.840 bits per heavy atom. The molecular weight excluding hydrogens is 306 g/mol. The van der Waals surface area contributed by atoms with Gasteiger partial charge in [0.25, 0.3) is 0 Å². The number of hydrogen-bond donors (Lipinski definition) is 2. The van der Waals surface area contributed by atoms with Gasteiger partial charge in [0.2, 0.25) is 0 Å². The van der Waals surface area contributed by atoms with Crippen LogP contribution in [0, 0.1) is 0 Å². The quantitative estimate of drug-likeness (QED) is 0.228. The molecule has 0 aliphatic heterocycles. The van der Waals surface area contributed by atoms with Crippen LogP contribution < -0.4 is 5.73 Å². The van der Waals surface area contributed by atoms with Gasteiger partial charge in [0.1, 0.15) is 0 Å². The standard InChI is InChI=1S/C23H49NO/c1-3-4-5-6-7-8-9-10-11-12-13-14-15-16-17-18-19-20-21-23(25)22(2)24/h22-23,25H,3-21,24H2,1-2H3. The first-order valence-electron chi connectivity index (χ1n) is 11.6. The zero-order valence-corrected chi connectivity index (χ0v) is 17.6. The number of hydrogen-bond acceptors (Lipinski definition) is 2. The normalized spacial score (nSPS) is 13.9. The molecule has 0 heterocycles. The highest BCUT2D eigenvalue weighted by Crippen LogP contribution is 2.15. The third-order valence-electron chi connectivity index (χ3n) is 5.46. The van der Waals surface area contributed by atoms with Crippen molar-refractivity contribution >= 4 is 0 Å². The number of rotatable bonds is 20. The van der Waals surface area contributed by atoms with Crippen molar-refractivity contribution < 1.29 is 5.11 Å². The molecular formula is C23H49NO. The lowest BCUT2D eigenvalue weighted by Gasteiger charge is -2.13. The van der Waals surface area contributed by atoms with Gasteiger partial charge >= 0.3 is 0 Å². The summed E-state index contributed by atoms with van der Waals surface area (Å²) in [5.41, 5.74) is 5.66. The van der Waals surface area contributed by atoms with E-state index in [1.807, 2.05) is 6.92 Å². The molecule has 25 heavy (non-hydrogen) atoms. The molecule has 2 unspecified atom stereocenters. The van der Waals surface area contributed by atoms with Crippen LogP contribution in [0.3, 0.4) is 0 Å². The third kappa shape index (κ3) is 20.1. The zero-order chi connectivity index (χ0) is 18.6. The summed E-state index contributed by atoms with van der Waals surface area (Å²) >= 11 is 0. The van der Waals surface area contributed by atoms with E-state index in [9.17, 15) is 5.11 Å². The van der Waals surface area contributed by atoms with Crippen LogP contribution in [0.5, 0.6) is 0 Å². The monoisotopic (exact) mass is 355 g/mol. The van der Waals surface area contributed by atoms with Crippen molar-refractivity contribution in [3.05, 3.63) is 0 Å². The Bertz CT molecular complexity index is 242. The lowest BCUT2D eigenvalue weighted by atomic mass is 10.0. The second-order valence-electron chi connectivity index (χ2n) is 8.23. The predicted octanol–water partition coefficient (Wildman–Crippen LogP) is 7.13. The number of unbranched alkanes of at least 4 members (excludes halogenated alkanes) is 17. The molecule has 0 aromatic rings. The maximum Gasteiger partial charge on any atom is 0.0688 e. The Balaban J connectivity index is 3.03. The van der Waals surface area contributed by atoms with Gasteiger partial charge in [-0.1, -0.05) is 122 Å². The molecule has 0 radical (unpaired) electrons. The van der Waals surface area contributed by atoms with Gasteiger partial charge in [-0.3, -0.25) is 0 Å². The molecule has 0 rings (SSSR count). The van der Waals surface area contributed by atoms with Gasteiger partial charge in [-0.25, -0.2) is 0 Å². The average molecular weight is 356 g/mol. The molecule has 0 aromatic carbocycles. The molecule has 0 aromatic heterocycles. The van der Waals surface area contributed by atoms with E-state index in [0.29, 0.717) is 0 Å². The molecule has 0 spiro atoms. The fourth-order valence-corrected chi connectivity index (χ4v) is 3.52. The van der Waals surface area contributed by atoms with E-state index in [2.05, 4.69) is 6.92 Å². The van der Waals surface area contributed by atoms with E-state index in [4.69, 9.17) is 5.73 Å². The summed E-state index contributed by atoms with van der Waals surface area (Å²) < 4.78 is 0. The Morgan fingerprint density at radius 3 is 1.12 bits per heavy atom. The molecule has 0 saturated heterocycles. The van der Waals surface area contributed by atoms with Gasteiger partial charge in [0, 0.05) is 6.04 Å². The molecule has 2 atom stereocenters. The molecule has 2 nitrogen and oxygen atoms in total. The molecule has 0 bridgehead atoms. The number of aliphatic hydroxyl groups excluding tert-OH is 1. The number of nitrogens with two attached hydrogens (primary N) is 1. The van der Waals surface area contributed by atoms with Crippen molar-refractivity contribution in [3.8, 4) is 0 Å². The minimum absolute atomic E-state index is 0.0780. The van der Waals surface area contributed by atoms with Gasteiger partial charge in [-0.05, 0) is 13.3 Å². The van der Waals surface area contributed by atoms with Crippen molar-refractivity contribution in [3.63, 3.8) is 0 Å². The SMILES string of the molecule is CCCCCCCCCCCCCCCCCCCCC(O)C(C)N. The zero-order valence-electron chi connectivity index (χ0n) is 17.6. The maximum atomic E-state index is 9.64. The van der Waals surface area contributed by atoms with Crippen molar-refractivity contribution in [2.75, 3.05) is 0 Å². The van der Waals surface area contributed by atoms with Crippen LogP contribution in [0.25, 0.3) is 0 Å². The highest BCUT2D eigenvalue weighted by Gasteiger charge is 2.07. The average Bonchev–Trinajstić information content (AvgIpc) is 2.60. The molecule has 0 aliphatic rings. The van der Waals surface area contributed by atoms with Crippen molar-refractivity contribution in [2.45, 2.75) is 148 Å². The first-order valence-corrected chi connectivity index (χ1v) is 11.6. The van der Waals surface area contributed by atoms with E-state index < -0.39 is 0 Å². The van der Waals surface area contributed by atoms with Crippen LogP contribution in [0.1, 0.15) is 136 Å². The highest BCUT2D eigenvalue weighted by molar-refractivity contribution is 4.65. The Hall–Kier alpha value is -0.0800. The fourth-order valence-electron chi connectivity index (χ4n) is 3.52. The summed E-state index contributed by atoms with van der Waals surface area (Å²) in [6, 6.07) is -0.0780. The fraction of sp³-hybridized carbons (Fsp3) is 1.00. The van der Waals surface area contributed by atoms with Gasteiger partial charge < -0.3 is 10.8 Å². The van der Waals surface area contributed by atoms with Gasteiger partial charge in [-0.15, -0.1) is 0 Å². The Labute approximate surface area is 159 Å². The Morgan fingerprint density at radius 1 is 0.560 bits per heavy atom. The van der Waals surface area contributed by atoms with E-state index >= 15 is 0 Å². The summed E-state index contributed by atoms with van der Waals surface area (Å²) in [5, 5.41) is 9.64. The van der Waals surface area contributed by atoms with E-state index in [-0.39, 0.29) is 12.1 Å². The van der Waals surface area contributed by atoms with Crippen molar-refractivity contribution in [2.24, 2.45) is 5.73 Å². The smallest absolute Gasteiger partial charge is 0.0688 e. The second kappa shape index (κ2) is 20.2. The van der Waals surface area contributed by atoms with Crippen LogP contribution in [-0.4, -0.2) is 17.3 Å². The minimum Gasteiger partial charge on any atom is -0.392 e. The van der Waals surface area contributed by atoms with Gasteiger partial charge in [-0.2, -0.15) is 0 Å². The van der Waals surface area contributed by atoms with Crippen LogP contribution in [0.4, 0.5) is 0 Å². The van der Waals surface area contributed by atoms with Crippen molar-refractivity contribution in [1.82, 2.24) is 0 Å². The summed E-state index contributed by atoms with van der Waals surface area (Å²) in [5.74, 6) is 0. The van der Waals surface area contributed by atoms with E-state index in [1.54, 1.807) is 0 Å². The molecule has 0 aliphatic carbocycles. The van der Waals surface area contributed by atoms with E-state index in [0.717, 1.165) is 12.8 Å². The largest absolute Gasteiger partial charge is 0.392 e. The second-order valence-corrected chi connectivity index (χ2v) is 8.23. The summed E-state index contributed by atoms with van der Waals surface area (Å²) in [4.78, 5) is 0. The molecule has 0 amide bonds. The lowest BCUT2D eigenvalue weighted by molar-refractivity contribution is 0.138. The molecule has 0 saturated carbocycles. The lowest BCUT2D eigenvalue weighted by Crippen LogP contribution is -2.31. The Kier molecular flexibility index (Phi) is 20.2. The maximum absolute atomic E-state index is 9.64. The van der Waals surface area contributed by atoms with Crippen LogP contribution in [-0.2, 0) is 0 Å². The molecule has 0 fully saturated rings. The molecule has 152 valence electrons. The molecule has 2 heteroatoms. The van der Waals surface area contributed by atoms with Gasteiger partial charge in [0.05, 0.1) is 6.10 Å². The van der Waals surface area contributed by atoms with Crippen LogP contribution >= 0.6 is 0 Å². The topological polar surface area (TPSA) is 46.2 Å². The first kappa shape index (κ1) is 24.9. The predicted molar refractivity (Wildman–Crippen MR) is 113 cm³/mol. The summed E-state index contributed by atoms with van der Waals surface area (Å²) in [6.45, 7) is 4.18. The van der Waals surface area contributed by atoms with Crippen LogP contribution in [0.2, 0.25) is 0 Å². The van der Waals surface area contributed by atoms with E-state index in [1.165, 1.54) is 109 Å². The summed E-state index contributed by atoms with van der Waals surface area (Å²) in [7, 11) is 0. The number of aliphatic hydroxyl groups is 1.